The van der Waals surface area contributed by atoms with Crippen LogP contribution >= 0.6 is 0 Å². The van der Waals surface area contributed by atoms with Crippen LogP contribution in [0.5, 0.6) is 5.75 Å². The highest BCUT2D eigenvalue weighted by Gasteiger charge is 2.09. The van der Waals surface area contributed by atoms with E-state index in [0.29, 0.717) is 6.61 Å². The molecule has 1 atom stereocenters. The van der Waals surface area contributed by atoms with Crippen molar-refractivity contribution >= 4 is 0 Å². The van der Waals surface area contributed by atoms with Crippen LogP contribution < -0.4 is 10.5 Å². The van der Waals surface area contributed by atoms with E-state index in [2.05, 4.69) is 5.10 Å². The summed E-state index contributed by atoms with van der Waals surface area (Å²) in [5.74, 6) is 0.881. The maximum atomic E-state index is 6.17. The summed E-state index contributed by atoms with van der Waals surface area (Å²) < 4.78 is 7.20. The lowest BCUT2D eigenvalue weighted by atomic mass is 10.0. The molecular weight excluding hydrogens is 226 g/mol. The minimum Gasteiger partial charge on any atom is -0.494 e. The summed E-state index contributed by atoms with van der Waals surface area (Å²) >= 11 is 0. The highest BCUT2D eigenvalue weighted by molar-refractivity contribution is 5.29. The van der Waals surface area contributed by atoms with Crippen LogP contribution in [0, 0.1) is 0 Å². The topological polar surface area (TPSA) is 53.1 Å². The lowest BCUT2D eigenvalue weighted by Crippen LogP contribution is -2.13. The third-order valence-electron chi connectivity index (χ3n) is 2.82. The molecule has 1 aromatic heterocycles. The Morgan fingerprint density at radius 1 is 1.28 bits per heavy atom. The number of benzene rings is 1. The van der Waals surface area contributed by atoms with Crippen LogP contribution in [-0.4, -0.2) is 16.4 Å². The molecule has 0 aliphatic rings. The van der Waals surface area contributed by atoms with Crippen LogP contribution in [-0.2, 0) is 13.5 Å². The largest absolute Gasteiger partial charge is 0.494 e. The molecule has 0 saturated heterocycles. The number of aromatic nitrogens is 2. The molecular formula is C14H19N3O. The Kier molecular flexibility index (Phi) is 3.99. The van der Waals surface area contributed by atoms with E-state index in [0.717, 1.165) is 23.4 Å². The molecule has 0 radical (unpaired) electrons. The van der Waals surface area contributed by atoms with Gasteiger partial charge in [-0.15, -0.1) is 0 Å². The Hall–Kier alpha value is -1.81. The molecule has 2 N–H and O–H groups in total. The van der Waals surface area contributed by atoms with Gasteiger partial charge in [0.25, 0.3) is 0 Å². The smallest absolute Gasteiger partial charge is 0.119 e. The van der Waals surface area contributed by atoms with E-state index in [1.165, 1.54) is 0 Å². The van der Waals surface area contributed by atoms with E-state index in [4.69, 9.17) is 10.5 Å². The minimum atomic E-state index is -0.0319. The van der Waals surface area contributed by atoms with Crippen molar-refractivity contribution < 1.29 is 4.74 Å². The zero-order valence-corrected chi connectivity index (χ0v) is 10.8. The molecule has 1 unspecified atom stereocenters. The molecule has 0 amide bonds. The number of hydrogen-bond acceptors (Lipinski definition) is 3. The van der Waals surface area contributed by atoms with Crippen LogP contribution in [0.3, 0.4) is 0 Å². The van der Waals surface area contributed by atoms with Crippen LogP contribution in [0.15, 0.2) is 36.5 Å². The summed E-state index contributed by atoms with van der Waals surface area (Å²) in [7, 11) is 1.91. The molecule has 0 spiro atoms. The Morgan fingerprint density at radius 3 is 2.56 bits per heavy atom. The van der Waals surface area contributed by atoms with Crippen molar-refractivity contribution in [2.45, 2.75) is 19.4 Å². The number of nitrogens with zero attached hydrogens (tertiary/aromatic N) is 2. The predicted molar refractivity (Wildman–Crippen MR) is 71.5 cm³/mol. The predicted octanol–water partition coefficient (Wildman–Crippen LogP) is 2.06. The highest BCUT2D eigenvalue weighted by Crippen LogP contribution is 2.19. The summed E-state index contributed by atoms with van der Waals surface area (Å²) in [5.41, 5.74) is 8.28. The molecule has 0 fully saturated rings. The maximum Gasteiger partial charge on any atom is 0.119 e. The first-order chi connectivity index (χ1) is 8.69. The van der Waals surface area contributed by atoms with Crippen molar-refractivity contribution in [1.29, 1.82) is 0 Å². The third kappa shape index (κ3) is 3.11. The average Bonchev–Trinajstić information content (AvgIpc) is 2.76. The first-order valence-corrected chi connectivity index (χ1v) is 6.16. The van der Waals surface area contributed by atoms with Gasteiger partial charge in [0.05, 0.1) is 12.3 Å². The van der Waals surface area contributed by atoms with Gasteiger partial charge < -0.3 is 10.5 Å². The standard InChI is InChI=1S/C14H19N3O/c1-3-18-13-6-4-11(5-7-13)14(15)10-12-8-9-17(2)16-12/h4-9,14H,3,10,15H2,1-2H3. The Morgan fingerprint density at radius 2 is 2.00 bits per heavy atom. The monoisotopic (exact) mass is 245 g/mol. The Bertz CT molecular complexity index is 490. The van der Waals surface area contributed by atoms with Gasteiger partial charge in [0.15, 0.2) is 0 Å². The second kappa shape index (κ2) is 5.69. The fourth-order valence-electron chi connectivity index (χ4n) is 1.89. The number of aryl methyl sites for hydroxylation is 1. The molecule has 0 bridgehead atoms. The normalized spacial score (nSPS) is 12.4. The quantitative estimate of drug-likeness (QED) is 0.877. The van der Waals surface area contributed by atoms with Crippen molar-refractivity contribution in [3.05, 3.63) is 47.8 Å². The molecule has 18 heavy (non-hydrogen) atoms. The number of rotatable bonds is 5. The van der Waals surface area contributed by atoms with E-state index in [1.54, 1.807) is 4.68 Å². The van der Waals surface area contributed by atoms with Gasteiger partial charge in [-0.1, -0.05) is 12.1 Å². The molecule has 96 valence electrons. The molecule has 2 aromatic rings. The van der Waals surface area contributed by atoms with Gasteiger partial charge in [-0.3, -0.25) is 4.68 Å². The molecule has 0 aliphatic carbocycles. The molecule has 4 nitrogen and oxygen atoms in total. The van der Waals surface area contributed by atoms with Gasteiger partial charge in [0.1, 0.15) is 5.75 Å². The number of nitrogens with two attached hydrogens (primary N) is 1. The van der Waals surface area contributed by atoms with Gasteiger partial charge in [0, 0.05) is 25.7 Å². The van der Waals surface area contributed by atoms with Crippen molar-refractivity contribution in [3.8, 4) is 5.75 Å². The molecule has 1 aromatic carbocycles. The fourth-order valence-corrected chi connectivity index (χ4v) is 1.89. The van der Waals surface area contributed by atoms with E-state index >= 15 is 0 Å². The van der Waals surface area contributed by atoms with E-state index < -0.39 is 0 Å². The zero-order chi connectivity index (χ0) is 13.0. The first-order valence-electron chi connectivity index (χ1n) is 6.16. The molecule has 1 heterocycles. The van der Waals surface area contributed by atoms with Crippen molar-refractivity contribution in [1.82, 2.24) is 9.78 Å². The summed E-state index contributed by atoms with van der Waals surface area (Å²) in [6, 6.07) is 9.90. The van der Waals surface area contributed by atoms with Crippen LogP contribution in [0.2, 0.25) is 0 Å². The van der Waals surface area contributed by atoms with Gasteiger partial charge >= 0.3 is 0 Å². The van der Waals surface area contributed by atoms with Gasteiger partial charge in [0.2, 0.25) is 0 Å². The van der Waals surface area contributed by atoms with Crippen LogP contribution in [0.1, 0.15) is 24.2 Å². The summed E-state index contributed by atoms with van der Waals surface area (Å²) in [6.45, 7) is 2.65. The highest BCUT2D eigenvalue weighted by atomic mass is 16.5. The van der Waals surface area contributed by atoms with Gasteiger partial charge in [-0.05, 0) is 30.7 Å². The maximum absolute atomic E-state index is 6.17. The number of hydrogen-bond donors (Lipinski definition) is 1. The van der Waals surface area contributed by atoms with E-state index in [-0.39, 0.29) is 6.04 Å². The van der Waals surface area contributed by atoms with Crippen molar-refractivity contribution in [2.24, 2.45) is 12.8 Å². The molecule has 2 rings (SSSR count). The fraction of sp³-hybridized carbons (Fsp3) is 0.357. The summed E-state index contributed by atoms with van der Waals surface area (Å²) in [4.78, 5) is 0. The van der Waals surface area contributed by atoms with E-state index in [9.17, 15) is 0 Å². The van der Waals surface area contributed by atoms with Crippen LogP contribution in [0.25, 0.3) is 0 Å². The lowest BCUT2D eigenvalue weighted by molar-refractivity contribution is 0.340. The Balaban J connectivity index is 2.02. The van der Waals surface area contributed by atoms with Crippen LogP contribution in [0.4, 0.5) is 0 Å². The van der Waals surface area contributed by atoms with Crippen molar-refractivity contribution in [3.63, 3.8) is 0 Å². The average molecular weight is 245 g/mol. The van der Waals surface area contributed by atoms with Gasteiger partial charge in [-0.25, -0.2) is 0 Å². The second-order valence-electron chi connectivity index (χ2n) is 4.29. The summed E-state index contributed by atoms with van der Waals surface area (Å²) in [5, 5.41) is 4.34. The minimum absolute atomic E-state index is 0.0319. The summed E-state index contributed by atoms with van der Waals surface area (Å²) in [6.07, 6.45) is 2.68. The SMILES string of the molecule is CCOc1ccc(C(N)Cc2ccn(C)n2)cc1. The van der Waals surface area contributed by atoms with Crippen molar-refractivity contribution in [2.75, 3.05) is 6.61 Å². The third-order valence-corrected chi connectivity index (χ3v) is 2.82. The Labute approximate surface area is 107 Å². The lowest BCUT2D eigenvalue weighted by Gasteiger charge is -2.11. The second-order valence-corrected chi connectivity index (χ2v) is 4.29. The number of ether oxygens (including phenoxy) is 1. The molecule has 4 heteroatoms. The van der Waals surface area contributed by atoms with Gasteiger partial charge in [-0.2, -0.15) is 5.10 Å². The van der Waals surface area contributed by atoms with E-state index in [1.807, 2.05) is 50.5 Å². The first kappa shape index (κ1) is 12.6. The molecule has 0 saturated carbocycles. The molecule has 0 aliphatic heterocycles. The zero-order valence-electron chi connectivity index (χ0n) is 10.8.